The second-order valence-electron chi connectivity index (χ2n) is 8.33. The van der Waals surface area contributed by atoms with Crippen LogP contribution in [0.4, 0.5) is 19.0 Å². The molecule has 0 atom stereocenters. The van der Waals surface area contributed by atoms with E-state index in [1.165, 1.54) is 38.1 Å². The molecule has 1 amide bonds. The van der Waals surface area contributed by atoms with Gasteiger partial charge >= 0.3 is 6.18 Å². The molecule has 2 aliphatic rings. The number of fused-ring (bicyclic) bond motifs is 1. The number of hydrogen-bond acceptors (Lipinski definition) is 5. The molecule has 2 aromatic rings. The molecular formula is C22H26F3N5O. The molecule has 166 valence electrons. The summed E-state index contributed by atoms with van der Waals surface area (Å²) in [6.07, 6.45) is 3.54. The molecule has 0 bridgehead atoms. The molecule has 6 nitrogen and oxygen atoms in total. The van der Waals surface area contributed by atoms with E-state index in [0.717, 1.165) is 25.2 Å². The molecule has 0 unspecified atom stereocenters. The Morgan fingerprint density at radius 1 is 1.19 bits per heavy atom. The van der Waals surface area contributed by atoms with Crippen LogP contribution in [0.1, 0.15) is 31.2 Å². The number of halogens is 3. The maximum Gasteiger partial charge on any atom is 0.416 e. The first-order valence-electron chi connectivity index (χ1n) is 10.6. The predicted octanol–water partition coefficient (Wildman–Crippen LogP) is 3.61. The monoisotopic (exact) mass is 433 g/mol. The molecule has 1 saturated carbocycles. The number of nitrogens with one attached hydrogen (secondary N) is 2. The lowest BCUT2D eigenvalue weighted by molar-refractivity contribution is -0.137. The van der Waals surface area contributed by atoms with Crippen molar-refractivity contribution in [1.29, 1.82) is 0 Å². The molecule has 1 aromatic heterocycles. The van der Waals surface area contributed by atoms with Gasteiger partial charge in [-0.2, -0.15) is 13.2 Å². The standard InChI is InChI=1S/C22H26F3N5O/c1-2-14-3-6-17(7-4-14)30-11-16(12-30)29-20(31)10-26-21-18-9-15(22(23,24)25)5-8-19(18)27-13-28-21/h2,5,8-9,13-14,16-17H,1,3-4,6-7,10-12H2,(H,29,31)(H,26,27,28)/t14-,17+. The fourth-order valence-corrected chi connectivity index (χ4v) is 4.42. The lowest BCUT2D eigenvalue weighted by Gasteiger charge is -2.46. The number of benzene rings is 1. The minimum Gasteiger partial charge on any atom is -0.360 e. The zero-order valence-electron chi connectivity index (χ0n) is 17.2. The number of alkyl halides is 3. The minimum atomic E-state index is -4.46. The van der Waals surface area contributed by atoms with Gasteiger partial charge in [-0.1, -0.05) is 6.08 Å². The van der Waals surface area contributed by atoms with Gasteiger partial charge in [-0.15, -0.1) is 6.58 Å². The number of amides is 1. The molecule has 1 aromatic carbocycles. The predicted molar refractivity (Wildman–Crippen MR) is 112 cm³/mol. The van der Waals surface area contributed by atoms with E-state index in [0.29, 0.717) is 17.5 Å². The smallest absolute Gasteiger partial charge is 0.360 e. The van der Waals surface area contributed by atoms with Gasteiger partial charge in [-0.05, 0) is 49.8 Å². The van der Waals surface area contributed by atoms with Crippen molar-refractivity contribution in [3.05, 3.63) is 42.7 Å². The number of likely N-dealkylation sites (tertiary alicyclic amines) is 1. The van der Waals surface area contributed by atoms with Crippen molar-refractivity contribution in [3.63, 3.8) is 0 Å². The highest BCUT2D eigenvalue weighted by Gasteiger charge is 2.35. The molecular weight excluding hydrogens is 407 g/mol. The van der Waals surface area contributed by atoms with Gasteiger partial charge in [0.2, 0.25) is 5.91 Å². The minimum absolute atomic E-state index is 0.0662. The molecule has 1 aliphatic heterocycles. The average molecular weight is 433 g/mol. The van der Waals surface area contributed by atoms with E-state index >= 15 is 0 Å². The third kappa shape index (κ3) is 4.98. The Morgan fingerprint density at radius 2 is 1.94 bits per heavy atom. The first-order chi connectivity index (χ1) is 14.8. The fraction of sp³-hybridized carbons (Fsp3) is 0.500. The summed E-state index contributed by atoms with van der Waals surface area (Å²) in [4.78, 5) is 22.7. The van der Waals surface area contributed by atoms with Crippen LogP contribution in [0.3, 0.4) is 0 Å². The van der Waals surface area contributed by atoms with Crippen molar-refractivity contribution in [2.45, 2.75) is 43.9 Å². The van der Waals surface area contributed by atoms with Crippen LogP contribution in [-0.4, -0.2) is 52.5 Å². The van der Waals surface area contributed by atoms with Gasteiger partial charge in [0.1, 0.15) is 12.1 Å². The number of carbonyl (C=O) groups excluding carboxylic acids is 1. The molecule has 1 aliphatic carbocycles. The van der Waals surface area contributed by atoms with Gasteiger partial charge in [0.25, 0.3) is 0 Å². The van der Waals surface area contributed by atoms with Gasteiger partial charge in [0, 0.05) is 24.5 Å². The summed E-state index contributed by atoms with van der Waals surface area (Å²) in [7, 11) is 0. The highest BCUT2D eigenvalue weighted by Crippen LogP contribution is 2.33. The number of aromatic nitrogens is 2. The Balaban J connectivity index is 1.28. The Hall–Kier alpha value is -2.68. The lowest BCUT2D eigenvalue weighted by atomic mass is 9.84. The molecule has 0 radical (unpaired) electrons. The number of allylic oxidation sites excluding steroid dienone is 1. The summed E-state index contributed by atoms with van der Waals surface area (Å²) in [5.74, 6) is 0.628. The van der Waals surface area contributed by atoms with Crippen LogP contribution in [-0.2, 0) is 11.0 Å². The Labute approximate surface area is 178 Å². The highest BCUT2D eigenvalue weighted by atomic mass is 19.4. The number of nitrogens with zero attached hydrogens (tertiary/aromatic N) is 3. The van der Waals surface area contributed by atoms with Crippen molar-refractivity contribution in [2.75, 3.05) is 25.0 Å². The third-order valence-electron chi connectivity index (χ3n) is 6.25. The Bertz CT molecular complexity index is 950. The third-order valence-corrected chi connectivity index (χ3v) is 6.25. The normalized spacial score (nSPS) is 22.7. The van der Waals surface area contributed by atoms with Crippen molar-refractivity contribution in [3.8, 4) is 0 Å². The maximum absolute atomic E-state index is 13.0. The van der Waals surface area contributed by atoms with Crippen molar-refractivity contribution >= 4 is 22.6 Å². The van der Waals surface area contributed by atoms with E-state index in [-0.39, 0.29) is 29.7 Å². The summed E-state index contributed by atoms with van der Waals surface area (Å²) in [5.41, 5.74) is -0.397. The van der Waals surface area contributed by atoms with Crippen LogP contribution < -0.4 is 10.6 Å². The molecule has 4 rings (SSSR count). The van der Waals surface area contributed by atoms with E-state index in [2.05, 4.69) is 32.1 Å². The number of anilines is 1. The Kier molecular flexibility index (Phi) is 6.13. The van der Waals surface area contributed by atoms with Crippen molar-refractivity contribution in [2.24, 2.45) is 5.92 Å². The van der Waals surface area contributed by atoms with Crippen LogP contribution >= 0.6 is 0 Å². The Morgan fingerprint density at radius 3 is 2.61 bits per heavy atom. The van der Waals surface area contributed by atoms with Gasteiger partial charge in [-0.25, -0.2) is 9.97 Å². The molecule has 9 heteroatoms. The van der Waals surface area contributed by atoms with Crippen LogP contribution in [0.5, 0.6) is 0 Å². The van der Waals surface area contributed by atoms with Crippen LogP contribution in [0.15, 0.2) is 37.2 Å². The summed E-state index contributed by atoms with van der Waals surface area (Å²) in [6.45, 7) is 5.48. The zero-order chi connectivity index (χ0) is 22.0. The summed E-state index contributed by atoms with van der Waals surface area (Å²) < 4.78 is 39.1. The molecule has 0 spiro atoms. The fourth-order valence-electron chi connectivity index (χ4n) is 4.42. The van der Waals surface area contributed by atoms with E-state index in [1.54, 1.807) is 0 Å². The second kappa shape index (κ2) is 8.82. The van der Waals surface area contributed by atoms with E-state index < -0.39 is 11.7 Å². The second-order valence-corrected chi connectivity index (χ2v) is 8.33. The molecule has 31 heavy (non-hydrogen) atoms. The van der Waals surface area contributed by atoms with Crippen LogP contribution in [0.25, 0.3) is 10.9 Å². The van der Waals surface area contributed by atoms with E-state index in [1.807, 2.05) is 6.08 Å². The van der Waals surface area contributed by atoms with Crippen molar-refractivity contribution in [1.82, 2.24) is 20.2 Å². The summed E-state index contributed by atoms with van der Waals surface area (Å²) >= 11 is 0. The SMILES string of the molecule is C=C[C@H]1CC[C@@H](N2CC(NC(=O)CNc3ncnc4ccc(C(F)(F)F)cc34)C2)CC1. The van der Waals surface area contributed by atoms with E-state index in [4.69, 9.17) is 0 Å². The first-order valence-corrected chi connectivity index (χ1v) is 10.6. The summed E-state index contributed by atoms with van der Waals surface area (Å²) in [5, 5.41) is 6.06. The molecule has 2 fully saturated rings. The number of hydrogen-bond donors (Lipinski definition) is 2. The lowest BCUT2D eigenvalue weighted by Crippen LogP contribution is -2.63. The van der Waals surface area contributed by atoms with Gasteiger partial charge in [0.05, 0.1) is 23.7 Å². The van der Waals surface area contributed by atoms with Gasteiger partial charge in [0.15, 0.2) is 0 Å². The largest absolute Gasteiger partial charge is 0.416 e. The highest BCUT2D eigenvalue weighted by molar-refractivity contribution is 5.91. The van der Waals surface area contributed by atoms with Crippen molar-refractivity contribution < 1.29 is 18.0 Å². The number of carbonyl (C=O) groups is 1. The average Bonchev–Trinajstić information content (AvgIpc) is 2.73. The molecule has 1 saturated heterocycles. The summed E-state index contributed by atoms with van der Waals surface area (Å²) in [6, 6.07) is 3.97. The first kappa shape index (κ1) is 21.5. The molecule has 2 heterocycles. The van der Waals surface area contributed by atoms with Gasteiger partial charge in [-0.3, -0.25) is 9.69 Å². The number of rotatable bonds is 6. The molecule has 2 N–H and O–H groups in total. The maximum atomic E-state index is 13.0. The zero-order valence-corrected chi connectivity index (χ0v) is 17.2. The van der Waals surface area contributed by atoms with Crippen LogP contribution in [0, 0.1) is 5.92 Å². The van der Waals surface area contributed by atoms with Gasteiger partial charge < -0.3 is 10.6 Å². The topological polar surface area (TPSA) is 70.2 Å². The quantitative estimate of drug-likeness (QED) is 0.682. The van der Waals surface area contributed by atoms with E-state index in [9.17, 15) is 18.0 Å². The van der Waals surface area contributed by atoms with Crippen LogP contribution in [0.2, 0.25) is 0 Å².